The number of piperidine rings is 1. The number of imidazole rings is 1. The Morgan fingerprint density at radius 1 is 1.30 bits per heavy atom. The predicted octanol–water partition coefficient (Wildman–Crippen LogP) is 2.34. The van der Waals surface area contributed by atoms with Crippen LogP contribution in [0.15, 0.2) is 18.7 Å². The highest BCUT2D eigenvalue weighted by Crippen LogP contribution is 2.23. The largest absolute Gasteiger partial charge is 0.340 e. The average molecular weight is 293 g/mol. The lowest BCUT2D eigenvalue weighted by Crippen LogP contribution is -2.36. The molecule has 1 aliphatic rings. The second kappa shape index (κ2) is 5.75. The lowest BCUT2D eigenvalue weighted by Gasteiger charge is -2.32. The highest BCUT2D eigenvalue weighted by atomic mass is 35.5. The van der Waals surface area contributed by atoms with E-state index < -0.39 is 0 Å². The first-order valence-electron chi connectivity index (χ1n) is 6.91. The van der Waals surface area contributed by atoms with Crippen LogP contribution in [-0.2, 0) is 0 Å². The second-order valence-electron chi connectivity index (χ2n) is 5.04. The molecular weight excluding hydrogens is 276 g/mol. The summed E-state index contributed by atoms with van der Waals surface area (Å²) >= 11 is 6.03. The first-order chi connectivity index (χ1) is 9.76. The minimum atomic E-state index is 0.220. The van der Waals surface area contributed by atoms with E-state index in [1.165, 1.54) is 19.3 Å². The van der Waals surface area contributed by atoms with Crippen molar-refractivity contribution in [2.24, 2.45) is 5.92 Å². The van der Waals surface area contributed by atoms with Crippen molar-refractivity contribution in [3.8, 4) is 5.95 Å². The summed E-state index contributed by atoms with van der Waals surface area (Å²) in [7, 11) is 0. The predicted molar refractivity (Wildman–Crippen MR) is 77.2 cm³/mol. The van der Waals surface area contributed by atoms with Crippen molar-refractivity contribution in [2.45, 2.75) is 26.2 Å². The summed E-state index contributed by atoms with van der Waals surface area (Å²) in [5.74, 6) is 1.87. The first kappa shape index (κ1) is 13.3. The van der Waals surface area contributed by atoms with E-state index in [1.54, 1.807) is 23.3 Å². The molecule has 0 saturated carbocycles. The SMILES string of the molecule is CCC1CCCN(c2nc(Cl)nc(-n3ccnc3)n2)C1. The number of rotatable bonds is 3. The van der Waals surface area contributed by atoms with Crippen molar-refractivity contribution in [3.05, 3.63) is 24.0 Å². The molecule has 20 heavy (non-hydrogen) atoms. The Kier molecular flexibility index (Phi) is 3.82. The smallest absolute Gasteiger partial charge is 0.241 e. The van der Waals surface area contributed by atoms with Crippen molar-refractivity contribution in [1.29, 1.82) is 0 Å². The van der Waals surface area contributed by atoms with Gasteiger partial charge in [0.15, 0.2) is 0 Å². The Morgan fingerprint density at radius 3 is 2.90 bits per heavy atom. The van der Waals surface area contributed by atoms with E-state index >= 15 is 0 Å². The van der Waals surface area contributed by atoms with Gasteiger partial charge in [-0.2, -0.15) is 15.0 Å². The molecule has 0 amide bonds. The van der Waals surface area contributed by atoms with Crippen molar-refractivity contribution in [3.63, 3.8) is 0 Å². The zero-order valence-electron chi connectivity index (χ0n) is 11.4. The Labute approximate surface area is 122 Å². The molecule has 7 heteroatoms. The van der Waals surface area contributed by atoms with Crippen LogP contribution in [0.4, 0.5) is 5.95 Å². The van der Waals surface area contributed by atoms with Gasteiger partial charge >= 0.3 is 0 Å². The van der Waals surface area contributed by atoms with Gasteiger partial charge in [0, 0.05) is 25.5 Å². The third kappa shape index (κ3) is 2.75. The molecule has 1 unspecified atom stereocenters. The third-order valence-corrected chi connectivity index (χ3v) is 3.87. The molecule has 6 nitrogen and oxygen atoms in total. The molecule has 3 rings (SSSR count). The molecule has 0 aliphatic carbocycles. The van der Waals surface area contributed by atoms with Crippen LogP contribution in [0.3, 0.4) is 0 Å². The second-order valence-corrected chi connectivity index (χ2v) is 5.37. The van der Waals surface area contributed by atoms with Crippen LogP contribution in [0.1, 0.15) is 26.2 Å². The van der Waals surface area contributed by atoms with Gasteiger partial charge in [0.2, 0.25) is 17.2 Å². The zero-order chi connectivity index (χ0) is 13.9. The van der Waals surface area contributed by atoms with Crippen LogP contribution in [0.25, 0.3) is 5.95 Å². The maximum atomic E-state index is 6.03. The molecule has 2 aromatic rings. The van der Waals surface area contributed by atoms with Crippen LogP contribution in [0.5, 0.6) is 0 Å². The van der Waals surface area contributed by atoms with Gasteiger partial charge in [0.25, 0.3) is 0 Å². The summed E-state index contributed by atoms with van der Waals surface area (Å²) in [6.45, 7) is 4.19. The minimum absolute atomic E-state index is 0.220. The molecule has 0 bridgehead atoms. The maximum absolute atomic E-state index is 6.03. The third-order valence-electron chi connectivity index (χ3n) is 3.70. The van der Waals surface area contributed by atoms with Gasteiger partial charge in [0.05, 0.1) is 0 Å². The van der Waals surface area contributed by atoms with Gasteiger partial charge in [-0.05, 0) is 30.4 Å². The van der Waals surface area contributed by atoms with E-state index in [-0.39, 0.29) is 5.28 Å². The van der Waals surface area contributed by atoms with E-state index in [0.29, 0.717) is 17.8 Å². The van der Waals surface area contributed by atoms with Crippen LogP contribution >= 0.6 is 11.6 Å². The Morgan fingerprint density at radius 2 is 2.15 bits per heavy atom. The Balaban J connectivity index is 1.89. The molecule has 1 aliphatic heterocycles. The van der Waals surface area contributed by atoms with E-state index in [9.17, 15) is 0 Å². The van der Waals surface area contributed by atoms with Crippen LogP contribution < -0.4 is 4.90 Å². The number of nitrogens with zero attached hydrogens (tertiary/aromatic N) is 6. The number of hydrogen-bond acceptors (Lipinski definition) is 5. The zero-order valence-corrected chi connectivity index (χ0v) is 12.2. The molecule has 0 N–H and O–H groups in total. The first-order valence-corrected chi connectivity index (χ1v) is 7.29. The molecule has 0 aromatic carbocycles. The lowest BCUT2D eigenvalue weighted by atomic mass is 9.96. The van der Waals surface area contributed by atoms with Gasteiger partial charge in [-0.3, -0.25) is 4.57 Å². The van der Waals surface area contributed by atoms with Gasteiger partial charge < -0.3 is 4.90 Å². The van der Waals surface area contributed by atoms with E-state index in [0.717, 1.165) is 13.1 Å². The van der Waals surface area contributed by atoms with Gasteiger partial charge in [-0.1, -0.05) is 13.3 Å². The average Bonchev–Trinajstić information content (AvgIpc) is 3.01. The van der Waals surface area contributed by atoms with E-state index in [2.05, 4.69) is 31.8 Å². The van der Waals surface area contributed by atoms with Gasteiger partial charge in [0.1, 0.15) is 6.33 Å². The molecule has 0 spiro atoms. The van der Waals surface area contributed by atoms with E-state index in [4.69, 9.17) is 11.6 Å². The maximum Gasteiger partial charge on any atom is 0.241 e. The topological polar surface area (TPSA) is 59.7 Å². The molecule has 1 saturated heterocycles. The van der Waals surface area contributed by atoms with Crippen LogP contribution in [0, 0.1) is 5.92 Å². The highest BCUT2D eigenvalue weighted by Gasteiger charge is 2.21. The molecule has 1 atom stereocenters. The van der Waals surface area contributed by atoms with Crippen molar-refractivity contribution >= 4 is 17.5 Å². The summed E-state index contributed by atoms with van der Waals surface area (Å²) in [6.07, 6.45) is 8.76. The summed E-state index contributed by atoms with van der Waals surface area (Å²) in [4.78, 5) is 19.1. The van der Waals surface area contributed by atoms with Crippen LogP contribution in [0.2, 0.25) is 5.28 Å². The summed E-state index contributed by atoms with van der Waals surface area (Å²) in [5, 5.41) is 0.220. The minimum Gasteiger partial charge on any atom is -0.340 e. The van der Waals surface area contributed by atoms with Gasteiger partial charge in [-0.15, -0.1) is 0 Å². The normalized spacial score (nSPS) is 19.3. The van der Waals surface area contributed by atoms with E-state index in [1.807, 2.05) is 0 Å². The number of hydrogen-bond donors (Lipinski definition) is 0. The monoisotopic (exact) mass is 292 g/mol. The van der Waals surface area contributed by atoms with Gasteiger partial charge in [-0.25, -0.2) is 4.98 Å². The highest BCUT2D eigenvalue weighted by molar-refractivity contribution is 6.28. The summed E-state index contributed by atoms with van der Waals surface area (Å²) in [6, 6.07) is 0. The fraction of sp³-hybridized carbons (Fsp3) is 0.538. The van der Waals surface area contributed by atoms with Crippen molar-refractivity contribution in [2.75, 3.05) is 18.0 Å². The molecular formula is C13H17ClN6. The number of halogens is 1. The standard InChI is InChI=1S/C13H17ClN6/c1-2-10-4-3-6-19(8-10)12-16-11(14)17-13(18-12)20-7-5-15-9-20/h5,7,9-10H,2-4,6,8H2,1H3. The molecule has 1 fully saturated rings. The Bertz CT molecular complexity index is 570. The fourth-order valence-corrected chi connectivity index (χ4v) is 2.69. The molecule has 106 valence electrons. The summed E-state index contributed by atoms with van der Waals surface area (Å²) in [5.41, 5.74) is 0. The molecule has 2 aromatic heterocycles. The number of anilines is 1. The molecule has 3 heterocycles. The number of aromatic nitrogens is 5. The molecule has 0 radical (unpaired) electrons. The lowest BCUT2D eigenvalue weighted by molar-refractivity contribution is 0.400. The quantitative estimate of drug-likeness (QED) is 0.869. The summed E-state index contributed by atoms with van der Waals surface area (Å²) < 4.78 is 1.73. The van der Waals surface area contributed by atoms with Crippen molar-refractivity contribution in [1.82, 2.24) is 24.5 Å². The fourth-order valence-electron chi connectivity index (χ4n) is 2.54. The van der Waals surface area contributed by atoms with Crippen LogP contribution in [-0.4, -0.2) is 37.6 Å². The van der Waals surface area contributed by atoms with Crippen molar-refractivity contribution < 1.29 is 0 Å². The Hall–Kier alpha value is -1.69.